The van der Waals surface area contributed by atoms with E-state index in [2.05, 4.69) is 21.8 Å². The van der Waals surface area contributed by atoms with Crippen LogP contribution in [-0.4, -0.2) is 48.8 Å². The van der Waals surface area contributed by atoms with Crippen LogP contribution in [0.3, 0.4) is 0 Å². The normalized spacial score (nSPS) is 12.8. The second-order valence-corrected chi connectivity index (χ2v) is 5.39. The lowest BCUT2D eigenvalue weighted by Crippen LogP contribution is -2.40. The highest BCUT2D eigenvalue weighted by atomic mass is 16.3. The zero-order chi connectivity index (χ0) is 16.2. The predicted octanol–water partition coefficient (Wildman–Crippen LogP) is 2.45. The zero-order valence-corrected chi connectivity index (χ0v) is 13.8. The number of rotatable bonds is 9. The Morgan fingerprint density at radius 3 is 2.77 bits per heavy atom. The largest absolute Gasteiger partial charge is 0.391 e. The third-order valence-corrected chi connectivity index (χ3v) is 3.36. The van der Waals surface area contributed by atoms with Gasteiger partial charge in [0.1, 0.15) is 0 Å². The Morgan fingerprint density at radius 2 is 2.14 bits per heavy atom. The molecule has 1 aromatic rings. The van der Waals surface area contributed by atoms with Crippen molar-refractivity contribution in [3.63, 3.8) is 0 Å². The summed E-state index contributed by atoms with van der Waals surface area (Å²) in [5.41, 5.74) is 1.13. The predicted molar refractivity (Wildman–Crippen MR) is 94.2 cm³/mol. The molecule has 4 nitrogen and oxygen atoms in total. The Balaban J connectivity index is 2.51. The van der Waals surface area contributed by atoms with E-state index in [1.54, 1.807) is 0 Å². The van der Waals surface area contributed by atoms with Gasteiger partial charge in [-0.25, -0.2) is 0 Å². The second-order valence-electron chi connectivity index (χ2n) is 5.39. The van der Waals surface area contributed by atoms with Gasteiger partial charge in [-0.2, -0.15) is 0 Å². The van der Waals surface area contributed by atoms with Crippen molar-refractivity contribution in [3.05, 3.63) is 48.6 Å². The third-order valence-electron chi connectivity index (χ3n) is 3.36. The maximum Gasteiger partial charge on any atom is 0.193 e. The molecule has 0 aliphatic carbocycles. The molecule has 1 atom stereocenters. The maximum absolute atomic E-state index is 10.1. The number of nitrogens with one attached hydrogen (secondary N) is 1. The standard InChI is InChI=1S/C18H29N3O/c1-4-6-10-13-21(3)18(19-5-2)20-15-17(22)14-16-11-8-7-9-12-16/h4,7-9,11-12,17,22H,1,5-6,10,13-15H2,2-3H3,(H,19,20). The van der Waals surface area contributed by atoms with Crippen LogP contribution in [0.4, 0.5) is 0 Å². The fourth-order valence-corrected chi connectivity index (χ4v) is 2.19. The number of allylic oxidation sites excluding steroid dienone is 1. The number of aliphatic imine (C=N–C) groups is 1. The van der Waals surface area contributed by atoms with Crippen LogP contribution in [0.15, 0.2) is 48.0 Å². The van der Waals surface area contributed by atoms with E-state index in [4.69, 9.17) is 0 Å². The summed E-state index contributed by atoms with van der Waals surface area (Å²) in [6.07, 6.45) is 4.15. The van der Waals surface area contributed by atoms with Crippen molar-refractivity contribution in [1.29, 1.82) is 0 Å². The molecule has 0 fully saturated rings. The summed E-state index contributed by atoms with van der Waals surface area (Å²) in [6, 6.07) is 10.0. The van der Waals surface area contributed by atoms with Crippen molar-refractivity contribution in [3.8, 4) is 0 Å². The number of nitrogens with zero attached hydrogens (tertiary/aromatic N) is 2. The molecule has 1 unspecified atom stereocenters. The summed E-state index contributed by atoms with van der Waals surface area (Å²) in [5.74, 6) is 0.846. The Labute approximate surface area is 134 Å². The van der Waals surface area contributed by atoms with Gasteiger partial charge in [0.05, 0.1) is 12.6 Å². The van der Waals surface area contributed by atoms with Crippen molar-refractivity contribution in [1.82, 2.24) is 10.2 Å². The highest BCUT2D eigenvalue weighted by Crippen LogP contribution is 2.03. The first-order valence-electron chi connectivity index (χ1n) is 7.99. The number of guanidine groups is 1. The first-order chi connectivity index (χ1) is 10.7. The van der Waals surface area contributed by atoms with Crippen LogP contribution in [0.2, 0.25) is 0 Å². The summed E-state index contributed by atoms with van der Waals surface area (Å²) < 4.78 is 0. The Kier molecular flexibility index (Phi) is 9.00. The van der Waals surface area contributed by atoms with E-state index >= 15 is 0 Å². The quantitative estimate of drug-likeness (QED) is 0.319. The van der Waals surface area contributed by atoms with Gasteiger partial charge in [0.2, 0.25) is 0 Å². The number of benzene rings is 1. The van der Waals surface area contributed by atoms with Crippen LogP contribution < -0.4 is 5.32 Å². The Bertz CT molecular complexity index is 445. The number of aliphatic hydroxyl groups is 1. The molecule has 1 rings (SSSR count). The Hall–Kier alpha value is -1.81. The van der Waals surface area contributed by atoms with E-state index in [0.29, 0.717) is 13.0 Å². The fourth-order valence-electron chi connectivity index (χ4n) is 2.19. The van der Waals surface area contributed by atoms with Gasteiger partial charge < -0.3 is 15.3 Å². The molecule has 0 amide bonds. The van der Waals surface area contributed by atoms with Crippen LogP contribution in [0, 0.1) is 0 Å². The molecule has 0 aromatic heterocycles. The molecular weight excluding hydrogens is 274 g/mol. The molecule has 0 aliphatic heterocycles. The highest BCUT2D eigenvalue weighted by Gasteiger charge is 2.08. The second kappa shape index (κ2) is 10.9. The van der Waals surface area contributed by atoms with Crippen molar-refractivity contribution in [2.45, 2.75) is 32.3 Å². The van der Waals surface area contributed by atoms with Gasteiger partial charge in [-0.1, -0.05) is 36.4 Å². The van der Waals surface area contributed by atoms with Crippen LogP contribution in [-0.2, 0) is 6.42 Å². The van der Waals surface area contributed by atoms with Gasteiger partial charge in [0.15, 0.2) is 5.96 Å². The van der Waals surface area contributed by atoms with Gasteiger partial charge in [0, 0.05) is 26.6 Å². The number of unbranched alkanes of at least 4 members (excludes halogenated alkanes) is 1. The van der Waals surface area contributed by atoms with Gasteiger partial charge in [-0.05, 0) is 25.3 Å². The first-order valence-corrected chi connectivity index (χ1v) is 7.99. The molecule has 0 saturated carbocycles. The summed E-state index contributed by atoms with van der Waals surface area (Å²) in [4.78, 5) is 6.64. The Morgan fingerprint density at radius 1 is 1.41 bits per heavy atom. The minimum Gasteiger partial charge on any atom is -0.391 e. The smallest absolute Gasteiger partial charge is 0.193 e. The lowest BCUT2D eigenvalue weighted by molar-refractivity contribution is 0.183. The van der Waals surface area contributed by atoms with E-state index in [9.17, 15) is 5.11 Å². The topological polar surface area (TPSA) is 47.9 Å². The average molecular weight is 303 g/mol. The molecule has 0 bridgehead atoms. The summed E-state index contributed by atoms with van der Waals surface area (Å²) in [5, 5.41) is 13.4. The van der Waals surface area contributed by atoms with Crippen molar-refractivity contribution in [2.24, 2.45) is 4.99 Å². The molecular formula is C18H29N3O. The molecule has 0 saturated heterocycles. The van der Waals surface area contributed by atoms with E-state index in [1.807, 2.05) is 50.4 Å². The zero-order valence-electron chi connectivity index (χ0n) is 13.8. The van der Waals surface area contributed by atoms with Gasteiger partial charge in [-0.3, -0.25) is 4.99 Å². The molecule has 0 radical (unpaired) electrons. The van der Waals surface area contributed by atoms with Gasteiger partial charge >= 0.3 is 0 Å². The van der Waals surface area contributed by atoms with E-state index in [0.717, 1.165) is 37.5 Å². The minimum absolute atomic E-state index is 0.406. The van der Waals surface area contributed by atoms with Crippen LogP contribution in [0.5, 0.6) is 0 Å². The number of hydrogen-bond acceptors (Lipinski definition) is 2. The molecule has 1 aromatic carbocycles. The number of aliphatic hydroxyl groups excluding tert-OH is 1. The third kappa shape index (κ3) is 7.27. The lowest BCUT2D eigenvalue weighted by atomic mass is 10.1. The molecule has 122 valence electrons. The van der Waals surface area contributed by atoms with Crippen LogP contribution in [0.25, 0.3) is 0 Å². The van der Waals surface area contributed by atoms with Crippen molar-refractivity contribution < 1.29 is 5.11 Å². The van der Waals surface area contributed by atoms with Crippen LogP contribution in [0.1, 0.15) is 25.3 Å². The van der Waals surface area contributed by atoms with Gasteiger partial charge in [-0.15, -0.1) is 6.58 Å². The summed E-state index contributed by atoms with van der Waals surface area (Å²) >= 11 is 0. The van der Waals surface area contributed by atoms with E-state index in [-0.39, 0.29) is 0 Å². The molecule has 4 heteroatoms. The monoisotopic (exact) mass is 303 g/mol. The minimum atomic E-state index is -0.461. The first kappa shape index (κ1) is 18.2. The maximum atomic E-state index is 10.1. The number of hydrogen-bond donors (Lipinski definition) is 2. The molecule has 22 heavy (non-hydrogen) atoms. The van der Waals surface area contributed by atoms with Crippen molar-refractivity contribution in [2.75, 3.05) is 26.7 Å². The highest BCUT2D eigenvalue weighted by molar-refractivity contribution is 5.79. The lowest BCUT2D eigenvalue weighted by Gasteiger charge is -2.22. The summed E-state index contributed by atoms with van der Waals surface area (Å²) in [6.45, 7) is 7.94. The summed E-state index contributed by atoms with van der Waals surface area (Å²) in [7, 11) is 2.02. The van der Waals surface area contributed by atoms with E-state index < -0.39 is 6.10 Å². The molecule has 0 spiro atoms. The SMILES string of the molecule is C=CCCCN(C)C(=NCC(O)Cc1ccccc1)NCC. The fraction of sp³-hybridized carbons (Fsp3) is 0.500. The van der Waals surface area contributed by atoms with Gasteiger partial charge in [0.25, 0.3) is 0 Å². The molecule has 0 heterocycles. The molecule has 2 N–H and O–H groups in total. The van der Waals surface area contributed by atoms with Crippen LogP contribution >= 0.6 is 0 Å². The average Bonchev–Trinajstić information content (AvgIpc) is 2.52. The van der Waals surface area contributed by atoms with E-state index in [1.165, 1.54) is 0 Å². The van der Waals surface area contributed by atoms with Crippen molar-refractivity contribution >= 4 is 5.96 Å². The molecule has 0 aliphatic rings.